The molecule has 32 heavy (non-hydrogen) atoms. The Kier molecular flexibility index (Phi) is 7.51. The Morgan fingerprint density at radius 3 is 2.53 bits per heavy atom. The van der Waals surface area contributed by atoms with Gasteiger partial charge in [0.05, 0.1) is 20.8 Å². The molecule has 1 aliphatic heterocycles. The van der Waals surface area contributed by atoms with Crippen LogP contribution in [0.3, 0.4) is 0 Å². The minimum Gasteiger partial charge on any atom is -0.493 e. The molecule has 7 nitrogen and oxygen atoms in total. The summed E-state index contributed by atoms with van der Waals surface area (Å²) in [7, 11) is 3.07. The molecule has 0 aliphatic carbocycles. The van der Waals surface area contributed by atoms with Crippen molar-refractivity contribution in [3.63, 3.8) is 0 Å². The monoisotopic (exact) mass is 460 g/mol. The molecule has 3 rings (SSSR count). The fraction of sp³-hybridized carbons (Fsp3) is 0.417. The number of likely N-dealkylation sites (tertiary alicyclic amines) is 1. The summed E-state index contributed by atoms with van der Waals surface area (Å²) in [5.41, 5.74) is 6.41. The van der Waals surface area contributed by atoms with E-state index in [4.69, 9.17) is 31.5 Å². The Hall–Kier alpha value is -2.93. The molecule has 1 atom stereocenters. The second-order valence-electron chi connectivity index (χ2n) is 8.24. The zero-order valence-corrected chi connectivity index (χ0v) is 19.4. The van der Waals surface area contributed by atoms with E-state index in [-0.39, 0.29) is 18.9 Å². The summed E-state index contributed by atoms with van der Waals surface area (Å²) < 4.78 is 16.6. The van der Waals surface area contributed by atoms with Crippen molar-refractivity contribution in [1.82, 2.24) is 4.90 Å². The molecule has 8 heteroatoms. The Balaban J connectivity index is 1.79. The maximum Gasteiger partial charge on any atom is 0.254 e. The smallest absolute Gasteiger partial charge is 0.254 e. The summed E-state index contributed by atoms with van der Waals surface area (Å²) in [5, 5.41) is 0.661. The molecule has 0 saturated carbocycles. The number of nitrogens with two attached hydrogens (primary N) is 1. The number of halogens is 1. The summed E-state index contributed by atoms with van der Waals surface area (Å²) in [6.45, 7) is 3.13. The Morgan fingerprint density at radius 2 is 1.88 bits per heavy atom. The molecule has 172 valence electrons. The van der Waals surface area contributed by atoms with Gasteiger partial charge in [-0.1, -0.05) is 11.6 Å². The van der Waals surface area contributed by atoms with Crippen molar-refractivity contribution in [2.24, 2.45) is 11.1 Å². The highest BCUT2D eigenvalue weighted by Gasteiger charge is 2.39. The first kappa shape index (κ1) is 23.7. The molecule has 2 aromatic carbocycles. The summed E-state index contributed by atoms with van der Waals surface area (Å²) in [6, 6.07) is 10.5. The van der Waals surface area contributed by atoms with Crippen LogP contribution in [-0.4, -0.2) is 50.6 Å². The van der Waals surface area contributed by atoms with Gasteiger partial charge in [0.15, 0.2) is 11.5 Å². The van der Waals surface area contributed by atoms with Gasteiger partial charge in [-0.2, -0.15) is 0 Å². The summed E-state index contributed by atoms with van der Waals surface area (Å²) >= 11 is 6.10. The summed E-state index contributed by atoms with van der Waals surface area (Å²) in [6.07, 6.45) is 1.61. The van der Waals surface area contributed by atoms with Gasteiger partial charge in [0.25, 0.3) is 5.91 Å². The van der Waals surface area contributed by atoms with Crippen molar-refractivity contribution >= 4 is 23.4 Å². The van der Waals surface area contributed by atoms with Crippen LogP contribution >= 0.6 is 11.6 Å². The fourth-order valence-corrected chi connectivity index (χ4v) is 4.28. The third-order valence-corrected chi connectivity index (χ3v) is 6.23. The third-order valence-electron chi connectivity index (χ3n) is 5.80. The molecular formula is C24H29ClN2O5. The van der Waals surface area contributed by atoms with E-state index in [1.165, 1.54) is 7.11 Å². The zero-order chi connectivity index (χ0) is 23.3. The first-order chi connectivity index (χ1) is 15.3. The topological polar surface area (TPSA) is 91.1 Å². The Labute approximate surface area is 193 Å². The van der Waals surface area contributed by atoms with Gasteiger partial charge >= 0.3 is 0 Å². The number of ether oxygens (including phenoxy) is 3. The highest BCUT2D eigenvalue weighted by Crippen LogP contribution is 2.36. The van der Waals surface area contributed by atoms with Crippen LogP contribution < -0.4 is 19.9 Å². The van der Waals surface area contributed by atoms with Gasteiger partial charge < -0.3 is 24.8 Å². The minimum atomic E-state index is -0.566. The van der Waals surface area contributed by atoms with Crippen molar-refractivity contribution in [1.29, 1.82) is 0 Å². The van der Waals surface area contributed by atoms with Gasteiger partial charge in [-0.05, 0) is 61.7 Å². The van der Waals surface area contributed by atoms with Crippen LogP contribution in [0.4, 0.5) is 0 Å². The molecule has 1 aliphatic rings. The van der Waals surface area contributed by atoms with Crippen LogP contribution in [0.15, 0.2) is 36.4 Å². The number of amides is 2. The molecule has 1 heterocycles. The second kappa shape index (κ2) is 10.1. The van der Waals surface area contributed by atoms with E-state index in [1.54, 1.807) is 42.3 Å². The van der Waals surface area contributed by atoms with Crippen molar-refractivity contribution in [3.05, 3.63) is 52.5 Å². The largest absolute Gasteiger partial charge is 0.493 e. The maximum atomic E-state index is 13.3. The van der Waals surface area contributed by atoms with E-state index in [9.17, 15) is 9.59 Å². The number of methoxy groups -OCH3 is 2. The average molecular weight is 461 g/mol. The molecule has 2 aromatic rings. The van der Waals surface area contributed by atoms with Crippen LogP contribution in [0.1, 0.15) is 35.2 Å². The normalized spacial score (nSPS) is 18.2. The lowest BCUT2D eigenvalue weighted by molar-refractivity contribution is -0.122. The predicted molar refractivity (Wildman–Crippen MR) is 123 cm³/mol. The van der Waals surface area contributed by atoms with E-state index in [0.29, 0.717) is 40.9 Å². The van der Waals surface area contributed by atoms with Crippen LogP contribution in [0.5, 0.6) is 17.2 Å². The zero-order valence-electron chi connectivity index (χ0n) is 18.7. The molecule has 1 fully saturated rings. The number of nitrogens with zero attached hydrogens (tertiary/aromatic N) is 1. The molecular weight excluding hydrogens is 432 g/mol. The van der Waals surface area contributed by atoms with Crippen molar-refractivity contribution < 1.29 is 23.8 Å². The van der Waals surface area contributed by atoms with E-state index in [2.05, 4.69) is 0 Å². The van der Waals surface area contributed by atoms with Gasteiger partial charge in [-0.25, -0.2) is 0 Å². The van der Waals surface area contributed by atoms with E-state index in [1.807, 2.05) is 13.0 Å². The van der Waals surface area contributed by atoms with Crippen LogP contribution in [0.2, 0.25) is 5.02 Å². The standard InChI is InChI=1S/C24H29ClN2O5/c1-16-11-18(6-7-19(16)25)32-15-24(13-22(26)28)9-4-10-27(14-24)23(29)17-5-8-20(30-2)21(12-17)31-3/h5-8,11-12H,4,9-10,13-15H2,1-3H3,(H2,26,28). The SMILES string of the molecule is COc1ccc(C(=O)N2CCCC(COc3ccc(Cl)c(C)c3)(CC(N)=O)C2)cc1OC. The summed E-state index contributed by atoms with van der Waals surface area (Å²) in [4.78, 5) is 26.9. The van der Waals surface area contributed by atoms with E-state index >= 15 is 0 Å². The first-order valence-electron chi connectivity index (χ1n) is 10.5. The van der Waals surface area contributed by atoms with Crippen LogP contribution in [0, 0.1) is 12.3 Å². The number of carbonyl (C=O) groups excluding carboxylic acids is 2. The van der Waals surface area contributed by atoms with E-state index in [0.717, 1.165) is 18.4 Å². The molecule has 0 bridgehead atoms. The number of hydrogen-bond donors (Lipinski definition) is 1. The number of benzene rings is 2. The van der Waals surface area contributed by atoms with Gasteiger partial charge in [0, 0.05) is 35.5 Å². The molecule has 1 saturated heterocycles. The second-order valence-corrected chi connectivity index (χ2v) is 8.65. The lowest BCUT2D eigenvalue weighted by atomic mass is 9.77. The average Bonchev–Trinajstić information content (AvgIpc) is 2.78. The highest BCUT2D eigenvalue weighted by molar-refractivity contribution is 6.31. The van der Waals surface area contributed by atoms with Crippen molar-refractivity contribution in [3.8, 4) is 17.2 Å². The third kappa shape index (κ3) is 5.46. The van der Waals surface area contributed by atoms with Crippen molar-refractivity contribution in [2.45, 2.75) is 26.2 Å². The lowest BCUT2D eigenvalue weighted by Crippen LogP contribution is -2.50. The number of aryl methyl sites for hydroxylation is 1. The number of carbonyl (C=O) groups is 2. The molecule has 0 radical (unpaired) electrons. The molecule has 1 unspecified atom stereocenters. The number of hydrogen-bond acceptors (Lipinski definition) is 5. The van der Waals surface area contributed by atoms with Gasteiger partial charge in [0.2, 0.25) is 5.91 Å². The number of rotatable bonds is 8. The van der Waals surface area contributed by atoms with Crippen LogP contribution in [-0.2, 0) is 4.79 Å². The number of primary amides is 1. The molecule has 2 amide bonds. The fourth-order valence-electron chi connectivity index (χ4n) is 4.16. The Bertz CT molecular complexity index is 996. The van der Waals surface area contributed by atoms with Gasteiger partial charge in [0.1, 0.15) is 5.75 Å². The van der Waals surface area contributed by atoms with Crippen LogP contribution in [0.25, 0.3) is 0 Å². The van der Waals surface area contributed by atoms with Crippen molar-refractivity contribution in [2.75, 3.05) is 33.9 Å². The molecule has 0 spiro atoms. The predicted octanol–water partition coefficient (Wildman–Crippen LogP) is 3.84. The van der Waals surface area contributed by atoms with E-state index < -0.39 is 11.3 Å². The first-order valence-corrected chi connectivity index (χ1v) is 10.8. The lowest BCUT2D eigenvalue weighted by Gasteiger charge is -2.42. The molecule has 0 aromatic heterocycles. The minimum absolute atomic E-state index is 0.134. The highest BCUT2D eigenvalue weighted by atomic mass is 35.5. The maximum absolute atomic E-state index is 13.3. The Morgan fingerprint density at radius 1 is 1.12 bits per heavy atom. The van der Waals surface area contributed by atoms with Gasteiger partial charge in [-0.3, -0.25) is 9.59 Å². The van der Waals surface area contributed by atoms with Gasteiger partial charge in [-0.15, -0.1) is 0 Å². The summed E-state index contributed by atoms with van der Waals surface area (Å²) in [5.74, 6) is 1.15. The molecule has 2 N–H and O–H groups in total. The number of piperidine rings is 1. The quantitative estimate of drug-likeness (QED) is 0.646.